The molecule has 3 aromatic rings. The summed E-state index contributed by atoms with van der Waals surface area (Å²) in [5, 5.41) is 3.01. The van der Waals surface area contributed by atoms with E-state index in [2.05, 4.69) is 17.1 Å². The van der Waals surface area contributed by atoms with E-state index in [-0.39, 0.29) is 6.04 Å². The third-order valence-electron chi connectivity index (χ3n) is 3.59. The van der Waals surface area contributed by atoms with Crippen LogP contribution < -0.4 is 5.73 Å². The molecule has 0 aliphatic rings. The Balaban J connectivity index is 2.12. The number of aryl methyl sites for hydroxylation is 1. The second-order valence-corrected chi connectivity index (χ2v) is 5.34. The Kier molecular flexibility index (Phi) is 3.43. The van der Waals surface area contributed by atoms with Crippen LogP contribution in [0.5, 0.6) is 0 Å². The minimum atomic E-state index is -0.182. The highest BCUT2D eigenvalue weighted by atomic mass is 35.5. The zero-order valence-corrected chi connectivity index (χ0v) is 11.9. The van der Waals surface area contributed by atoms with Crippen molar-refractivity contribution < 1.29 is 0 Å². The topological polar surface area (TPSA) is 38.9 Å². The van der Waals surface area contributed by atoms with E-state index < -0.39 is 0 Å². The van der Waals surface area contributed by atoms with E-state index in [1.807, 2.05) is 43.5 Å². The summed E-state index contributed by atoms with van der Waals surface area (Å²) in [6, 6.07) is 13.9. The molecule has 0 fully saturated rings. The number of benzene rings is 2. The fraction of sp³-hybridized carbons (Fsp3) is 0.118. The van der Waals surface area contributed by atoms with E-state index in [4.69, 9.17) is 17.3 Å². The number of pyridine rings is 1. The van der Waals surface area contributed by atoms with E-state index >= 15 is 0 Å². The number of fused-ring (bicyclic) bond motifs is 1. The molecule has 0 spiro atoms. The molecule has 2 aromatic carbocycles. The van der Waals surface area contributed by atoms with Crippen LogP contribution in [0.1, 0.15) is 22.7 Å². The van der Waals surface area contributed by atoms with Crippen LogP contribution in [0.2, 0.25) is 5.02 Å². The molecule has 20 heavy (non-hydrogen) atoms. The third-order valence-corrected chi connectivity index (χ3v) is 4.02. The normalized spacial score (nSPS) is 12.6. The molecule has 1 unspecified atom stereocenters. The Morgan fingerprint density at radius 2 is 2.00 bits per heavy atom. The Hall–Kier alpha value is -1.90. The maximum atomic E-state index is 6.43. The van der Waals surface area contributed by atoms with Crippen molar-refractivity contribution in [2.75, 3.05) is 0 Å². The molecule has 1 heterocycles. The molecule has 2 N–H and O–H groups in total. The fourth-order valence-electron chi connectivity index (χ4n) is 2.45. The summed E-state index contributed by atoms with van der Waals surface area (Å²) in [5.41, 5.74) is 9.61. The fourth-order valence-corrected chi connectivity index (χ4v) is 2.57. The van der Waals surface area contributed by atoms with E-state index in [0.717, 1.165) is 32.5 Å². The zero-order chi connectivity index (χ0) is 14.1. The molecule has 0 bridgehead atoms. The molecular weight excluding hydrogens is 268 g/mol. The lowest BCUT2D eigenvalue weighted by atomic mass is 9.94. The number of hydrogen-bond donors (Lipinski definition) is 1. The Labute approximate surface area is 123 Å². The summed E-state index contributed by atoms with van der Waals surface area (Å²) in [7, 11) is 0. The second kappa shape index (κ2) is 5.23. The van der Waals surface area contributed by atoms with Crippen LogP contribution in [0, 0.1) is 6.92 Å². The first-order valence-electron chi connectivity index (χ1n) is 6.51. The molecule has 0 radical (unpaired) electrons. The van der Waals surface area contributed by atoms with Crippen molar-refractivity contribution >= 4 is 22.4 Å². The second-order valence-electron chi connectivity index (χ2n) is 4.93. The van der Waals surface area contributed by atoms with Gasteiger partial charge in [0.2, 0.25) is 0 Å². The highest BCUT2D eigenvalue weighted by Gasteiger charge is 2.13. The Morgan fingerprint density at radius 3 is 2.80 bits per heavy atom. The Morgan fingerprint density at radius 1 is 1.15 bits per heavy atom. The maximum Gasteiger partial charge on any atom is 0.0558 e. The number of nitrogens with zero attached hydrogens (tertiary/aromatic N) is 1. The van der Waals surface area contributed by atoms with Gasteiger partial charge in [-0.1, -0.05) is 41.9 Å². The molecule has 3 rings (SSSR count). The van der Waals surface area contributed by atoms with Gasteiger partial charge in [-0.2, -0.15) is 0 Å². The first-order chi connectivity index (χ1) is 9.66. The van der Waals surface area contributed by atoms with Gasteiger partial charge in [-0.15, -0.1) is 0 Å². The van der Waals surface area contributed by atoms with Crippen molar-refractivity contribution in [3.63, 3.8) is 0 Å². The van der Waals surface area contributed by atoms with E-state index in [1.54, 1.807) is 6.20 Å². The lowest BCUT2D eigenvalue weighted by Crippen LogP contribution is -2.12. The van der Waals surface area contributed by atoms with Crippen LogP contribution in [0.3, 0.4) is 0 Å². The van der Waals surface area contributed by atoms with E-state index in [9.17, 15) is 0 Å². The molecule has 0 aliphatic heterocycles. The van der Waals surface area contributed by atoms with Crippen molar-refractivity contribution in [1.82, 2.24) is 4.98 Å². The average molecular weight is 283 g/mol. The molecule has 0 aliphatic carbocycles. The van der Waals surface area contributed by atoms with Gasteiger partial charge < -0.3 is 5.73 Å². The Bertz CT molecular complexity index is 763. The van der Waals surface area contributed by atoms with Gasteiger partial charge in [-0.3, -0.25) is 4.98 Å². The maximum absolute atomic E-state index is 6.43. The molecule has 1 atom stereocenters. The number of hydrogen-bond acceptors (Lipinski definition) is 2. The highest BCUT2D eigenvalue weighted by molar-refractivity contribution is 6.31. The largest absolute Gasteiger partial charge is 0.320 e. The standard InChI is InChI=1S/C17H15ClN2/c1-11-9-13(5-6-16(11)18)17(19)14-4-2-3-12-7-8-20-10-15(12)14/h2-10,17H,19H2,1H3. The van der Waals surface area contributed by atoms with Gasteiger partial charge in [0.25, 0.3) is 0 Å². The first-order valence-corrected chi connectivity index (χ1v) is 6.89. The molecule has 3 heteroatoms. The lowest BCUT2D eigenvalue weighted by Gasteiger charge is -2.16. The summed E-state index contributed by atoms with van der Waals surface area (Å²) >= 11 is 6.08. The van der Waals surface area contributed by atoms with Gasteiger partial charge in [0.15, 0.2) is 0 Å². The van der Waals surface area contributed by atoms with Crippen molar-refractivity contribution in [2.45, 2.75) is 13.0 Å². The van der Waals surface area contributed by atoms with Crippen molar-refractivity contribution in [3.05, 3.63) is 76.6 Å². The van der Waals surface area contributed by atoms with Gasteiger partial charge in [-0.25, -0.2) is 0 Å². The predicted molar refractivity (Wildman–Crippen MR) is 84.0 cm³/mol. The molecule has 0 amide bonds. The third kappa shape index (κ3) is 2.28. The summed E-state index contributed by atoms with van der Waals surface area (Å²) in [6.07, 6.45) is 3.66. The summed E-state index contributed by atoms with van der Waals surface area (Å²) in [4.78, 5) is 4.20. The van der Waals surface area contributed by atoms with Crippen LogP contribution in [-0.2, 0) is 0 Å². The average Bonchev–Trinajstić information content (AvgIpc) is 2.49. The smallest absolute Gasteiger partial charge is 0.0558 e. The lowest BCUT2D eigenvalue weighted by molar-refractivity contribution is 0.878. The SMILES string of the molecule is Cc1cc(C(N)c2cccc3ccncc23)ccc1Cl. The summed E-state index contributed by atoms with van der Waals surface area (Å²) < 4.78 is 0. The predicted octanol–water partition coefficient (Wildman–Crippen LogP) is 4.24. The number of aromatic nitrogens is 1. The molecular formula is C17H15ClN2. The quantitative estimate of drug-likeness (QED) is 0.763. The van der Waals surface area contributed by atoms with Crippen LogP contribution in [0.15, 0.2) is 54.9 Å². The van der Waals surface area contributed by atoms with E-state index in [1.165, 1.54) is 0 Å². The minimum Gasteiger partial charge on any atom is -0.320 e. The minimum absolute atomic E-state index is 0.182. The number of nitrogens with two attached hydrogens (primary N) is 1. The van der Waals surface area contributed by atoms with Gasteiger partial charge in [0.1, 0.15) is 0 Å². The van der Waals surface area contributed by atoms with Crippen molar-refractivity contribution in [2.24, 2.45) is 5.73 Å². The molecule has 0 saturated heterocycles. The van der Waals surface area contributed by atoms with Crippen LogP contribution >= 0.6 is 11.6 Å². The highest BCUT2D eigenvalue weighted by Crippen LogP contribution is 2.28. The monoisotopic (exact) mass is 282 g/mol. The van der Waals surface area contributed by atoms with Crippen molar-refractivity contribution in [1.29, 1.82) is 0 Å². The van der Waals surface area contributed by atoms with Crippen LogP contribution in [0.4, 0.5) is 0 Å². The van der Waals surface area contributed by atoms with E-state index in [0.29, 0.717) is 0 Å². The van der Waals surface area contributed by atoms with Crippen molar-refractivity contribution in [3.8, 4) is 0 Å². The molecule has 0 saturated carbocycles. The van der Waals surface area contributed by atoms with Gasteiger partial charge >= 0.3 is 0 Å². The number of halogens is 1. The van der Waals surface area contributed by atoms with Gasteiger partial charge in [-0.05, 0) is 41.1 Å². The number of rotatable bonds is 2. The summed E-state index contributed by atoms with van der Waals surface area (Å²) in [5.74, 6) is 0. The summed E-state index contributed by atoms with van der Waals surface area (Å²) in [6.45, 7) is 1.99. The van der Waals surface area contributed by atoms with Gasteiger partial charge in [0, 0.05) is 22.8 Å². The molecule has 100 valence electrons. The molecule has 1 aromatic heterocycles. The zero-order valence-electron chi connectivity index (χ0n) is 11.2. The van der Waals surface area contributed by atoms with Crippen LogP contribution in [0.25, 0.3) is 10.8 Å². The van der Waals surface area contributed by atoms with Gasteiger partial charge in [0.05, 0.1) is 6.04 Å². The van der Waals surface area contributed by atoms with Crippen LogP contribution in [-0.4, -0.2) is 4.98 Å². The molecule has 2 nitrogen and oxygen atoms in total. The first kappa shape index (κ1) is 13.1.